The molecule has 3 amide bonds. The van der Waals surface area contributed by atoms with Gasteiger partial charge in [-0.15, -0.1) is 0 Å². The SMILES string of the molecule is O=CN(O)C[C@]1(C(=O)N2NCC[C@H]2C(=O)Nc2ccnc(F)n2)CC1C1CCCC1. The number of aromatic nitrogens is 2. The maximum absolute atomic E-state index is 13.5. The van der Waals surface area contributed by atoms with Crippen LogP contribution < -0.4 is 10.7 Å². The molecule has 10 nitrogen and oxygen atoms in total. The summed E-state index contributed by atoms with van der Waals surface area (Å²) in [6.07, 6.45) is 5.77. The highest BCUT2D eigenvalue weighted by Gasteiger charge is 2.65. The number of hydrogen-bond donors (Lipinski definition) is 3. The van der Waals surface area contributed by atoms with Gasteiger partial charge in [0.1, 0.15) is 11.9 Å². The highest BCUT2D eigenvalue weighted by molar-refractivity contribution is 5.98. The van der Waals surface area contributed by atoms with Crippen molar-refractivity contribution in [2.45, 2.75) is 44.6 Å². The van der Waals surface area contributed by atoms with E-state index in [1.54, 1.807) is 0 Å². The molecule has 1 saturated heterocycles. The molecule has 3 fully saturated rings. The van der Waals surface area contributed by atoms with Crippen molar-refractivity contribution in [2.75, 3.05) is 18.4 Å². The largest absolute Gasteiger partial charge is 0.310 e. The van der Waals surface area contributed by atoms with E-state index in [-0.39, 0.29) is 24.2 Å². The van der Waals surface area contributed by atoms with E-state index in [1.165, 1.54) is 17.3 Å². The maximum atomic E-state index is 13.5. The second kappa shape index (κ2) is 8.23. The molecule has 11 heteroatoms. The van der Waals surface area contributed by atoms with Crippen molar-refractivity contribution >= 4 is 24.0 Å². The van der Waals surface area contributed by atoms with E-state index < -0.39 is 23.4 Å². The summed E-state index contributed by atoms with van der Waals surface area (Å²) in [5.74, 6) is -0.320. The fourth-order valence-electron chi connectivity index (χ4n) is 5.01. The van der Waals surface area contributed by atoms with Crippen molar-refractivity contribution in [3.8, 4) is 0 Å². The number of rotatable bonds is 7. The first-order valence-corrected chi connectivity index (χ1v) is 10.2. The topological polar surface area (TPSA) is 128 Å². The van der Waals surface area contributed by atoms with Crippen molar-refractivity contribution in [3.05, 3.63) is 18.3 Å². The van der Waals surface area contributed by atoms with Crippen LogP contribution in [0.1, 0.15) is 38.5 Å². The number of amides is 3. The molecule has 0 aromatic carbocycles. The molecule has 3 atom stereocenters. The molecule has 2 saturated carbocycles. The van der Waals surface area contributed by atoms with Crippen molar-refractivity contribution in [3.63, 3.8) is 0 Å². The molecule has 1 aromatic heterocycles. The summed E-state index contributed by atoms with van der Waals surface area (Å²) in [5, 5.41) is 14.2. The molecule has 3 N–H and O–H groups in total. The normalized spacial score (nSPS) is 28.4. The van der Waals surface area contributed by atoms with Crippen LogP contribution in [-0.4, -0.2) is 62.6 Å². The van der Waals surface area contributed by atoms with E-state index in [0.717, 1.165) is 25.7 Å². The van der Waals surface area contributed by atoms with Gasteiger partial charge in [0.2, 0.25) is 18.2 Å². The smallest absolute Gasteiger partial charge is 0.309 e. The molecule has 1 aliphatic heterocycles. The molecule has 0 bridgehead atoms. The van der Waals surface area contributed by atoms with E-state index in [1.807, 2.05) is 0 Å². The first kappa shape index (κ1) is 20.6. The van der Waals surface area contributed by atoms with Crippen LogP contribution in [0.4, 0.5) is 10.2 Å². The highest BCUT2D eigenvalue weighted by atomic mass is 19.1. The summed E-state index contributed by atoms with van der Waals surface area (Å²) in [5.41, 5.74) is 2.06. The van der Waals surface area contributed by atoms with Gasteiger partial charge in [-0.05, 0) is 30.7 Å². The lowest BCUT2D eigenvalue weighted by Crippen LogP contribution is -2.53. The predicted octanol–water partition coefficient (Wildman–Crippen LogP) is 0.704. The minimum Gasteiger partial charge on any atom is -0.309 e. The minimum atomic E-state index is -0.960. The Balaban J connectivity index is 1.50. The van der Waals surface area contributed by atoms with E-state index in [9.17, 15) is 24.0 Å². The van der Waals surface area contributed by atoms with Crippen LogP contribution in [0.15, 0.2) is 12.3 Å². The number of carbonyl (C=O) groups excluding carboxylic acids is 3. The average molecular weight is 420 g/mol. The average Bonchev–Trinajstić information content (AvgIpc) is 3.11. The van der Waals surface area contributed by atoms with Gasteiger partial charge in [-0.1, -0.05) is 25.7 Å². The number of nitrogens with one attached hydrogen (secondary N) is 2. The zero-order valence-corrected chi connectivity index (χ0v) is 16.5. The standard InChI is InChI=1S/C19H25FN6O4/c20-18-21-7-6-15(24-18)23-16(28)14-5-8-22-26(14)17(29)19(10-25(30)11-27)9-13(19)12-3-1-2-4-12/h6-7,11-14,22,30H,1-5,8-10H2,(H,21,23,24,28)/t13?,14-,19+/m0/s1. The lowest BCUT2D eigenvalue weighted by molar-refractivity contribution is -0.161. The molecular formula is C19H25FN6O4. The molecule has 1 aromatic rings. The molecule has 30 heavy (non-hydrogen) atoms. The number of nitrogens with zero attached hydrogens (tertiary/aromatic N) is 4. The first-order valence-electron chi connectivity index (χ1n) is 10.2. The Morgan fingerprint density at radius 3 is 2.87 bits per heavy atom. The predicted molar refractivity (Wildman–Crippen MR) is 101 cm³/mol. The molecule has 1 unspecified atom stereocenters. The number of hydroxylamine groups is 2. The van der Waals surface area contributed by atoms with Gasteiger partial charge in [0, 0.05) is 12.7 Å². The zero-order valence-electron chi connectivity index (χ0n) is 16.5. The van der Waals surface area contributed by atoms with Gasteiger partial charge in [-0.3, -0.25) is 24.6 Å². The number of halogens is 1. The Morgan fingerprint density at radius 2 is 2.17 bits per heavy atom. The van der Waals surface area contributed by atoms with Crippen LogP contribution in [0.25, 0.3) is 0 Å². The highest BCUT2D eigenvalue weighted by Crippen LogP contribution is 2.61. The van der Waals surface area contributed by atoms with Gasteiger partial charge in [-0.2, -0.15) is 9.37 Å². The van der Waals surface area contributed by atoms with Crippen LogP contribution in [0.2, 0.25) is 0 Å². The number of anilines is 1. The van der Waals surface area contributed by atoms with Crippen molar-refractivity contribution in [2.24, 2.45) is 17.3 Å². The van der Waals surface area contributed by atoms with Crippen LogP contribution >= 0.6 is 0 Å². The quantitative estimate of drug-likeness (QED) is 0.256. The van der Waals surface area contributed by atoms with Crippen LogP contribution in [0.5, 0.6) is 0 Å². The maximum Gasteiger partial charge on any atom is 0.310 e. The van der Waals surface area contributed by atoms with Gasteiger partial charge in [0.25, 0.3) is 0 Å². The molecule has 0 radical (unpaired) electrons. The summed E-state index contributed by atoms with van der Waals surface area (Å²) in [6, 6.07) is 0.558. The minimum absolute atomic E-state index is 0.0132. The summed E-state index contributed by atoms with van der Waals surface area (Å²) in [7, 11) is 0. The van der Waals surface area contributed by atoms with E-state index in [2.05, 4.69) is 20.7 Å². The van der Waals surface area contributed by atoms with Crippen LogP contribution in [-0.2, 0) is 14.4 Å². The lowest BCUT2D eigenvalue weighted by atomic mass is 9.92. The van der Waals surface area contributed by atoms with E-state index in [0.29, 0.717) is 36.8 Å². The summed E-state index contributed by atoms with van der Waals surface area (Å²) in [4.78, 5) is 44.2. The Hall–Kier alpha value is -2.66. The lowest BCUT2D eigenvalue weighted by Gasteiger charge is -2.30. The number of hydrogen-bond acceptors (Lipinski definition) is 7. The third-order valence-electron chi connectivity index (χ3n) is 6.50. The number of hydrazine groups is 1. The molecule has 2 heterocycles. The molecule has 0 spiro atoms. The van der Waals surface area contributed by atoms with Gasteiger partial charge < -0.3 is 5.32 Å². The zero-order chi connectivity index (χ0) is 21.3. The fraction of sp³-hybridized carbons (Fsp3) is 0.632. The first-order chi connectivity index (χ1) is 14.4. The fourth-order valence-corrected chi connectivity index (χ4v) is 5.01. The Bertz CT molecular complexity index is 835. The second-order valence-corrected chi connectivity index (χ2v) is 8.30. The van der Waals surface area contributed by atoms with E-state index >= 15 is 0 Å². The summed E-state index contributed by atoms with van der Waals surface area (Å²) < 4.78 is 13.2. The van der Waals surface area contributed by atoms with Gasteiger partial charge in [0.05, 0.1) is 12.0 Å². The summed E-state index contributed by atoms with van der Waals surface area (Å²) >= 11 is 0. The third kappa shape index (κ3) is 3.86. The Kier molecular flexibility index (Phi) is 5.65. The van der Waals surface area contributed by atoms with Gasteiger partial charge >= 0.3 is 6.08 Å². The molecule has 2 aliphatic carbocycles. The molecule has 3 aliphatic rings. The van der Waals surface area contributed by atoms with Crippen LogP contribution in [0, 0.1) is 23.3 Å². The second-order valence-electron chi connectivity index (χ2n) is 8.30. The monoisotopic (exact) mass is 420 g/mol. The third-order valence-corrected chi connectivity index (χ3v) is 6.50. The molecular weight excluding hydrogens is 395 g/mol. The van der Waals surface area contributed by atoms with Gasteiger partial charge in [-0.25, -0.2) is 15.5 Å². The van der Waals surface area contributed by atoms with Crippen molar-refractivity contribution in [1.29, 1.82) is 0 Å². The van der Waals surface area contributed by atoms with Crippen LogP contribution in [0.3, 0.4) is 0 Å². The number of carbonyl (C=O) groups is 3. The van der Waals surface area contributed by atoms with E-state index in [4.69, 9.17) is 0 Å². The van der Waals surface area contributed by atoms with Crippen molar-refractivity contribution < 1.29 is 24.0 Å². The Morgan fingerprint density at radius 1 is 1.40 bits per heavy atom. The Labute approximate surface area is 172 Å². The van der Waals surface area contributed by atoms with Crippen molar-refractivity contribution in [1.82, 2.24) is 25.5 Å². The molecule has 162 valence electrons. The molecule has 4 rings (SSSR count). The van der Waals surface area contributed by atoms with Gasteiger partial charge in [0.15, 0.2) is 0 Å². The summed E-state index contributed by atoms with van der Waals surface area (Å²) in [6.45, 7) is 0.322.